The van der Waals surface area contributed by atoms with E-state index in [0.29, 0.717) is 19.4 Å². The van der Waals surface area contributed by atoms with Crippen molar-refractivity contribution in [1.29, 1.82) is 0 Å². The minimum Gasteiger partial charge on any atom is -0.548 e. The fourth-order valence-corrected chi connectivity index (χ4v) is 2.49. The number of aliphatic hydroxyl groups is 1. The van der Waals surface area contributed by atoms with Gasteiger partial charge in [0.15, 0.2) is 5.11 Å². The Morgan fingerprint density at radius 1 is 1.42 bits per heavy atom. The molecule has 1 heterocycles. The molecule has 0 amide bonds. The SMILES string of the molecule is O=C([O-])[C@H]1CC[C@H](O)N1C(=S)NCc1ccccc1. The molecule has 0 spiro atoms. The molecular formula is C13H15N2O3S-. The normalized spacial score (nSPS) is 22.3. The number of carboxylic acids is 1. The first kappa shape index (κ1) is 13.8. The number of aliphatic carboxylic acids is 1. The van der Waals surface area contributed by atoms with Crippen LogP contribution in [-0.4, -0.2) is 33.4 Å². The summed E-state index contributed by atoms with van der Waals surface area (Å²) < 4.78 is 0. The molecule has 2 atom stereocenters. The van der Waals surface area contributed by atoms with Gasteiger partial charge in [-0.15, -0.1) is 0 Å². The molecule has 6 heteroatoms. The number of carbonyl (C=O) groups is 1. The van der Waals surface area contributed by atoms with Gasteiger partial charge in [0.2, 0.25) is 0 Å². The highest BCUT2D eigenvalue weighted by Crippen LogP contribution is 2.22. The van der Waals surface area contributed by atoms with Crippen LogP contribution >= 0.6 is 12.2 Å². The fourth-order valence-electron chi connectivity index (χ4n) is 2.17. The molecule has 5 nitrogen and oxygen atoms in total. The van der Waals surface area contributed by atoms with Crippen molar-refractivity contribution in [2.45, 2.75) is 31.7 Å². The van der Waals surface area contributed by atoms with E-state index >= 15 is 0 Å². The summed E-state index contributed by atoms with van der Waals surface area (Å²) >= 11 is 5.15. The molecular weight excluding hydrogens is 264 g/mol. The summed E-state index contributed by atoms with van der Waals surface area (Å²) in [5, 5.41) is 24.0. The lowest BCUT2D eigenvalue weighted by atomic mass is 10.2. The Bertz CT molecular complexity index is 466. The number of benzene rings is 1. The van der Waals surface area contributed by atoms with Crippen LogP contribution in [0, 0.1) is 0 Å². The maximum atomic E-state index is 11.0. The van der Waals surface area contributed by atoms with Gasteiger partial charge >= 0.3 is 0 Å². The van der Waals surface area contributed by atoms with E-state index in [1.807, 2.05) is 30.3 Å². The molecule has 1 aliphatic heterocycles. The van der Waals surface area contributed by atoms with Gasteiger partial charge in [0, 0.05) is 6.54 Å². The number of nitrogens with zero attached hydrogens (tertiary/aromatic N) is 1. The number of rotatable bonds is 3. The number of thiocarbonyl (C=S) groups is 1. The van der Waals surface area contributed by atoms with Crippen molar-refractivity contribution in [2.24, 2.45) is 0 Å². The average molecular weight is 279 g/mol. The molecule has 0 bridgehead atoms. The lowest BCUT2D eigenvalue weighted by Gasteiger charge is -2.30. The Balaban J connectivity index is 1.97. The lowest BCUT2D eigenvalue weighted by Crippen LogP contribution is -2.52. The molecule has 1 aromatic rings. The van der Waals surface area contributed by atoms with Gasteiger partial charge in [0.25, 0.3) is 0 Å². The van der Waals surface area contributed by atoms with Crippen LogP contribution in [-0.2, 0) is 11.3 Å². The second-order valence-corrected chi connectivity index (χ2v) is 4.83. The van der Waals surface area contributed by atoms with Crippen molar-refractivity contribution in [2.75, 3.05) is 0 Å². The summed E-state index contributed by atoms with van der Waals surface area (Å²) in [6.45, 7) is 0.489. The zero-order valence-corrected chi connectivity index (χ0v) is 11.1. The second kappa shape index (κ2) is 5.99. The minimum absolute atomic E-state index is 0.239. The zero-order chi connectivity index (χ0) is 13.8. The van der Waals surface area contributed by atoms with Gasteiger partial charge in [-0.2, -0.15) is 0 Å². The number of likely N-dealkylation sites (tertiary alicyclic amines) is 1. The van der Waals surface area contributed by atoms with Crippen LogP contribution in [0.3, 0.4) is 0 Å². The Hall–Kier alpha value is -1.66. The van der Waals surface area contributed by atoms with Gasteiger partial charge in [-0.1, -0.05) is 30.3 Å². The summed E-state index contributed by atoms with van der Waals surface area (Å²) in [5.74, 6) is -1.21. The number of carbonyl (C=O) groups excluding carboxylic acids is 1. The molecule has 2 N–H and O–H groups in total. The molecule has 0 aliphatic carbocycles. The largest absolute Gasteiger partial charge is 0.548 e. The molecule has 0 unspecified atom stereocenters. The molecule has 1 fully saturated rings. The topological polar surface area (TPSA) is 75.6 Å². The number of hydrogen-bond donors (Lipinski definition) is 2. The summed E-state index contributed by atoms with van der Waals surface area (Å²) in [7, 11) is 0. The van der Waals surface area contributed by atoms with E-state index in [4.69, 9.17) is 12.2 Å². The highest BCUT2D eigenvalue weighted by molar-refractivity contribution is 7.80. The van der Waals surface area contributed by atoms with Crippen molar-refractivity contribution in [3.63, 3.8) is 0 Å². The van der Waals surface area contributed by atoms with E-state index in [1.165, 1.54) is 4.90 Å². The molecule has 0 aromatic heterocycles. The number of carboxylic acid groups (broad SMARTS) is 1. The maximum absolute atomic E-state index is 11.0. The van der Waals surface area contributed by atoms with Crippen LogP contribution in [0.5, 0.6) is 0 Å². The maximum Gasteiger partial charge on any atom is 0.171 e. The van der Waals surface area contributed by atoms with Crippen LogP contribution in [0.1, 0.15) is 18.4 Å². The standard InChI is InChI=1S/C13H16N2O3S/c16-11-7-6-10(12(17)18)15(11)13(19)14-8-9-4-2-1-3-5-9/h1-5,10-11,16H,6-8H2,(H,14,19)(H,17,18)/p-1/t10-,11+/m1/s1. The molecule has 19 heavy (non-hydrogen) atoms. The van der Waals surface area contributed by atoms with E-state index in [9.17, 15) is 15.0 Å². The highest BCUT2D eigenvalue weighted by atomic mass is 32.1. The Kier molecular flexibility index (Phi) is 4.34. The summed E-state index contributed by atoms with van der Waals surface area (Å²) in [5.41, 5.74) is 1.03. The minimum atomic E-state index is -1.21. The van der Waals surface area contributed by atoms with E-state index < -0.39 is 18.2 Å². The third kappa shape index (κ3) is 3.21. The average Bonchev–Trinajstić information content (AvgIpc) is 2.79. The van der Waals surface area contributed by atoms with E-state index in [2.05, 4.69) is 5.32 Å². The van der Waals surface area contributed by atoms with Gasteiger partial charge in [-0.3, -0.25) is 0 Å². The third-order valence-electron chi connectivity index (χ3n) is 3.15. The van der Waals surface area contributed by atoms with Crippen molar-refractivity contribution in [3.8, 4) is 0 Å². The van der Waals surface area contributed by atoms with Gasteiger partial charge in [0.05, 0.1) is 12.0 Å². The summed E-state index contributed by atoms with van der Waals surface area (Å²) in [6.07, 6.45) is -0.138. The van der Waals surface area contributed by atoms with Crippen LogP contribution < -0.4 is 10.4 Å². The summed E-state index contributed by atoms with van der Waals surface area (Å²) in [6, 6.07) is 8.76. The van der Waals surface area contributed by atoms with Crippen molar-refractivity contribution >= 4 is 23.3 Å². The van der Waals surface area contributed by atoms with Crippen molar-refractivity contribution < 1.29 is 15.0 Å². The highest BCUT2D eigenvalue weighted by Gasteiger charge is 2.34. The first-order valence-corrected chi connectivity index (χ1v) is 6.49. The van der Waals surface area contributed by atoms with Crippen LogP contribution in [0.25, 0.3) is 0 Å². The predicted octanol–water partition coefficient (Wildman–Crippen LogP) is -0.406. The number of aliphatic hydroxyl groups excluding tert-OH is 1. The molecule has 1 saturated heterocycles. The van der Waals surface area contributed by atoms with Gasteiger partial charge < -0.3 is 25.2 Å². The third-order valence-corrected chi connectivity index (χ3v) is 3.50. The Labute approximate surface area is 116 Å². The molecule has 0 radical (unpaired) electrons. The zero-order valence-electron chi connectivity index (χ0n) is 10.3. The molecule has 1 aromatic carbocycles. The Morgan fingerprint density at radius 2 is 2.11 bits per heavy atom. The van der Waals surface area contributed by atoms with Crippen LogP contribution in [0.2, 0.25) is 0 Å². The molecule has 1 aliphatic rings. The van der Waals surface area contributed by atoms with Crippen molar-refractivity contribution in [1.82, 2.24) is 10.2 Å². The van der Waals surface area contributed by atoms with E-state index in [-0.39, 0.29) is 5.11 Å². The van der Waals surface area contributed by atoms with Crippen LogP contribution in [0.4, 0.5) is 0 Å². The fraction of sp³-hybridized carbons (Fsp3) is 0.385. The Morgan fingerprint density at radius 3 is 2.74 bits per heavy atom. The first-order valence-electron chi connectivity index (χ1n) is 6.08. The quantitative estimate of drug-likeness (QED) is 0.733. The second-order valence-electron chi connectivity index (χ2n) is 4.44. The molecule has 102 valence electrons. The van der Waals surface area contributed by atoms with E-state index in [1.54, 1.807) is 0 Å². The first-order chi connectivity index (χ1) is 9.09. The smallest absolute Gasteiger partial charge is 0.171 e. The number of nitrogens with one attached hydrogen (secondary N) is 1. The van der Waals surface area contributed by atoms with Gasteiger partial charge in [0.1, 0.15) is 6.23 Å². The molecule has 2 rings (SSSR count). The monoisotopic (exact) mass is 279 g/mol. The molecule has 0 saturated carbocycles. The summed E-state index contributed by atoms with van der Waals surface area (Å²) in [4.78, 5) is 12.3. The number of hydrogen-bond acceptors (Lipinski definition) is 4. The van der Waals surface area contributed by atoms with Crippen LogP contribution in [0.15, 0.2) is 30.3 Å². The van der Waals surface area contributed by atoms with Gasteiger partial charge in [-0.25, -0.2) is 0 Å². The lowest BCUT2D eigenvalue weighted by molar-refractivity contribution is -0.310. The van der Waals surface area contributed by atoms with E-state index in [0.717, 1.165) is 5.56 Å². The predicted molar refractivity (Wildman–Crippen MR) is 71.8 cm³/mol. The van der Waals surface area contributed by atoms with Gasteiger partial charge in [-0.05, 0) is 30.6 Å². The van der Waals surface area contributed by atoms with Crippen molar-refractivity contribution in [3.05, 3.63) is 35.9 Å².